The lowest BCUT2D eigenvalue weighted by molar-refractivity contribution is -0.118. The van der Waals surface area contributed by atoms with Gasteiger partial charge in [-0.1, -0.05) is 61.5 Å². The van der Waals surface area contributed by atoms with Gasteiger partial charge >= 0.3 is 0 Å². The molecule has 2 heteroatoms. The lowest BCUT2D eigenvalue weighted by Crippen LogP contribution is -2.06. The normalized spacial score (nSPS) is 19.9. The van der Waals surface area contributed by atoms with Crippen molar-refractivity contribution in [2.75, 3.05) is 6.61 Å². The average molecular weight is 387 g/mol. The van der Waals surface area contributed by atoms with E-state index in [0.717, 1.165) is 11.7 Å². The van der Waals surface area contributed by atoms with Gasteiger partial charge in [-0.2, -0.15) is 0 Å². The number of benzene rings is 3. The maximum Gasteiger partial charge on any atom is 0.167 e. The fraction of sp³-hybridized carbons (Fsp3) is 0.370. The largest absolute Gasteiger partial charge is 0.486 e. The molecular formula is C27H30O2. The first-order chi connectivity index (χ1) is 14.1. The number of fused-ring (bicyclic) bond motifs is 1. The van der Waals surface area contributed by atoms with Gasteiger partial charge in [-0.3, -0.25) is 4.79 Å². The molecule has 0 heterocycles. The van der Waals surface area contributed by atoms with Crippen LogP contribution in [0.4, 0.5) is 0 Å². The van der Waals surface area contributed by atoms with Crippen LogP contribution in [-0.4, -0.2) is 12.4 Å². The summed E-state index contributed by atoms with van der Waals surface area (Å²) >= 11 is 0. The Morgan fingerprint density at radius 3 is 2.55 bits per heavy atom. The Hall–Kier alpha value is -2.61. The third-order valence-corrected chi connectivity index (χ3v) is 6.38. The molecule has 3 aromatic carbocycles. The molecular weight excluding hydrogens is 356 g/mol. The molecule has 4 rings (SSSR count). The molecule has 0 amide bonds. The second kappa shape index (κ2) is 8.82. The molecule has 150 valence electrons. The summed E-state index contributed by atoms with van der Waals surface area (Å²) in [5.74, 6) is 2.83. The summed E-state index contributed by atoms with van der Waals surface area (Å²) in [4.78, 5) is 11.1. The summed E-state index contributed by atoms with van der Waals surface area (Å²) in [5.41, 5.74) is 2.89. The van der Waals surface area contributed by atoms with Crippen LogP contribution in [0.1, 0.15) is 62.5 Å². The van der Waals surface area contributed by atoms with Crippen molar-refractivity contribution in [1.29, 1.82) is 0 Å². The predicted molar refractivity (Wildman–Crippen MR) is 120 cm³/mol. The van der Waals surface area contributed by atoms with Crippen LogP contribution in [0.25, 0.3) is 10.8 Å². The minimum atomic E-state index is 0.0491. The highest BCUT2D eigenvalue weighted by Crippen LogP contribution is 2.43. The Balaban J connectivity index is 1.38. The zero-order valence-electron chi connectivity index (χ0n) is 17.4. The standard InChI is InChI=1S/C27H30O2/c1-19(26-9-5-7-23-6-3-4-8-27(23)26)16-21-10-11-24(17-21)22-12-14-25(15-13-22)29-18-20(2)28/h3-9,12-15,19,21,24H,10-11,16-18H2,1-2H3/t19-,21+,24+/m0/s1. The summed E-state index contributed by atoms with van der Waals surface area (Å²) < 4.78 is 5.49. The van der Waals surface area contributed by atoms with Crippen LogP contribution in [0.3, 0.4) is 0 Å². The Morgan fingerprint density at radius 1 is 1.00 bits per heavy atom. The van der Waals surface area contributed by atoms with E-state index in [1.807, 2.05) is 12.1 Å². The molecule has 1 aliphatic carbocycles. The zero-order valence-corrected chi connectivity index (χ0v) is 17.4. The topological polar surface area (TPSA) is 26.3 Å². The molecule has 0 N–H and O–H groups in total. The summed E-state index contributed by atoms with van der Waals surface area (Å²) in [6.45, 7) is 4.08. The highest BCUT2D eigenvalue weighted by atomic mass is 16.5. The smallest absolute Gasteiger partial charge is 0.167 e. The third kappa shape index (κ3) is 4.70. The van der Waals surface area contributed by atoms with E-state index < -0.39 is 0 Å². The monoisotopic (exact) mass is 386 g/mol. The second-order valence-electron chi connectivity index (χ2n) is 8.64. The van der Waals surface area contributed by atoms with E-state index in [4.69, 9.17) is 4.74 Å². The molecule has 0 unspecified atom stereocenters. The van der Waals surface area contributed by atoms with Crippen LogP contribution in [0.5, 0.6) is 5.75 Å². The lowest BCUT2D eigenvalue weighted by atomic mass is 9.86. The number of Topliss-reactive ketones (excluding diaryl/α,β-unsaturated/α-hetero) is 1. The fourth-order valence-electron chi connectivity index (χ4n) is 4.92. The number of carbonyl (C=O) groups excluding carboxylic acids is 1. The first kappa shape index (κ1) is 19.7. The van der Waals surface area contributed by atoms with Crippen LogP contribution in [0.2, 0.25) is 0 Å². The minimum absolute atomic E-state index is 0.0491. The van der Waals surface area contributed by atoms with Crippen LogP contribution >= 0.6 is 0 Å². The van der Waals surface area contributed by atoms with E-state index >= 15 is 0 Å². The number of rotatable bonds is 7. The van der Waals surface area contributed by atoms with Gasteiger partial charge in [0, 0.05) is 0 Å². The van der Waals surface area contributed by atoms with Gasteiger partial charge in [0.15, 0.2) is 5.78 Å². The van der Waals surface area contributed by atoms with E-state index in [1.54, 1.807) is 6.92 Å². The lowest BCUT2D eigenvalue weighted by Gasteiger charge is -2.19. The van der Waals surface area contributed by atoms with Crippen molar-refractivity contribution in [3.63, 3.8) is 0 Å². The van der Waals surface area contributed by atoms with Gasteiger partial charge in [0.25, 0.3) is 0 Å². The van der Waals surface area contributed by atoms with Crippen molar-refractivity contribution < 1.29 is 9.53 Å². The average Bonchev–Trinajstić information content (AvgIpc) is 3.20. The quantitative estimate of drug-likeness (QED) is 0.442. The first-order valence-electron chi connectivity index (χ1n) is 10.8. The molecule has 1 saturated carbocycles. The van der Waals surface area contributed by atoms with Crippen LogP contribution in [-0.2, 0) is 4.79 Å². The van der Waals surface area contributed by atoms with E-state index in [0.29, 0.717) is 11.8 Å². The van der Waals surface area contributed by atoms with Crippen molar-refractivity contribution in [2.45, 2.75) is 51.4 Å². The molecule has 0 aromatic heterocycles. The van der Waals surface area contributed by atoms with Gasteiger partial charge in [-0.15, -0.1) is 0 Å². The zero-order chi connectivity index (χ0) is 20.2. The summed E-state index contributed by atoms with van der Waals surface area (Å²) in [6.07, 6.45) is 5.09. The Labute approximate surface area is 173 Å². The van der Waals surface area contributed by atoms with Crippen LogP contribution < -0.4 is 4.74 Å². The van der Waals surface area contributed by atoms with E-state index in [-0.39, 0.29) is 12.4 Å². The van der Waals surface area contributed by atoms with Crippen molar-refractivity contribution in [3.05, 3.63) is 77.9 Å². The van der Waals surface area contributed by atoms with E-state index in [2.05, 4.69) is 61.5 Å². The van der Waals surface area contributed by atoms with Gasteiger partial charge in [0.2, 0.25) is 0 Å². The van der Waals surface area contributed by atoms with Crippen molar-refractivity contribution >= 4 is 16.6 Å². The fourth-order valence-corrected chi connectivity index (χ4v) is 4.92. The van der Waals surface area contributed by atoms with Gasteiger partial charge in [-0.25, -0.2) is 0 Å². The molecule has 0 bridgehead atoms. The summed E-state index contributed by atoms with van der Waals surface area (Å²) in [6, 6.07) is 23.8. The Bertz CT molecular complexity index is 968. The second-order valence-corrected chi connectivity index (χ2v) is 8.64. The third-order valence-electron chi connectivity index (χ3n) is 6.38. The highest BCUT2D eigenvalue weighted by Gasteiger charge is 2.27. The predicted octanol–water partition coefficient (Wildman–Crippen LogP) is 6.89. The number of ether oxygens (including phenoxy) is 1. The molecule has 0 spiro atoms. The maximum atomic E-state index is 11.1. The van der Waals surface area contributed by atoms with Crippen molar-refractivity contribution in [1.82, 2.24) is 0 Å². The molecule has 0 saturated heterocycles. The van der Waals surface area contributed by atoms with Gasteiger partial charge < -0.3 is 4.74 Å². The van der Waals surface area contributed by atoms with Gasteiger partial charge in [0.05, 0.1) is 0 Å². The number of carbonyl (C=O) groups is 1. The molecule has 1 fully saturated rings. The molecule has 1 aliphatic rings. The van der Waals surface area contributed by atoms with Gasteiger partial charge in [-0.05, 0) is 84.4 Å². The van der Waals surface area contributed by atoms with Crippen LogP contribution in [0, 0.1) is 5.92 Å². The SMILES string of the molecule is CC(=O)COc1ccc([C@@H]2CC[C@H](C[C@H](C)c3cccc4ccccc34)C2)cc1. The molecule has 3 aromatic rings. The Kier molecular flexibility index (Phi) is 5.99. The molecule has 0 radical (unpaired) electrons. The van der Waals surface area contributed by atoms with E-state index in [9.17, 15) is 4.79 Å². The van der Waals surface area contributed by atoms with E-state index in [1.165, 1.54) is 47.6 Å². The summed E-state index contributed by atoms with van der Waals surface area (Å²) in [7, 11) is 0. The minimum Gasteiger partial charge on any atom is -0.486 e. The van der Waals surface area contributed by atoms with Crippen molar-refractivity contribution in [3.8, 4) is 5.75 Å². The number of hydrogen-bond acceptors (Lipinski definition) is 2. The highest BCUT2D eigenvalue weighted by molar-refractivity contribution is 5.86. The molecule has 2 nitrogen and oxygen atoms in total. The first-order valence-corrected chi connectivity index (χ1v) is 10.8. The molecule has 0 aliphatic heterocycles. The molecule has 29 heavy (non-hydrogen) atoms. The summed E-state index contributed by atoms with van der Waals surface area (Å²) in [5, 5.41) is 2.74. The Morgan fingerprint density at radius 2 is 1.76 bits per heavy atom. The van der Waals surface area contributed by atoms with Crippen LogP contribution in [0.15, 0.2) is 66.7 Å². The molecule has 3 atom stereocenters. The van der Waals surface area contributed by atoms with Crippen molar-refractivity contribution in [2.24, 2.45) is 5.92 Å². The number of hydrogen-bond donors (Lipinski definition) is 0. The maximum absolute atomic E-state index is 11.1. The van der Waals surface area contributed by atoms with Gasteiger partial charge in [0.1, 0.15) is 12.4 Å². The number of ketones is 1.